The number of hydrogen-bond donors (Lipinski definition) is 0. The van der Waals surface area contributed by atoms with Crippen molar-refractivity contribution in [1.82, 2.24) is 4.31 Å². The minimum Gasteiger partial charge on any atom is -0.212 e. The van der Waals surface area contributed by atoms with Crippen LogP contribution in [0.15, 0.2) is 0 Å². The Morgan fingerprint density at radius 1 is 1.31 bits per heavy atom. The van der Waals surface area contributed by atoms with Crippen molar-refractivity contribution in [2.24, 2.45) is 5.41 Å². The highest BCUT2D eigenvalue weighted by molar-refractivity contribution is 7.89. The van der Waals surface area contributed by atoms with Crippen LogP contribution in [-0.4, -0.2) is 31.6 Å². The lowest BCUT2D eigenvalue weighted by Crippen LogP contribution is -2.48. The Morgan fingerprint density at radius 2 is 1.85 bits per heavy atom. The highest BCUT2D eigenvalue weighted by Crippen LogP contribution is 2.32. The summed E-state index contributed by atoms with van der Waals surface area (Å²) < 4.78 is 24.7. The quantitative estimate of drug-likeness (QED) is 0.600. The Labute approximate surface area is 81.2 Å². The molecule has 0 amide bonds. The van der Waals surface area contributed by atoms with Gasteiger partial charge in [-0.25, -0.2) is 12.7 Å². The van der Waals surface area contributed by atoms with Gasteiger partial charge in [0, 0.05) is 13.1 Å². The zero-order valence-corrected chi connectivity index (χ0v) is 9.69. The van der Waals surface area contributed by atoms with E-state index < -0.39 is 10.0 Å². The van der Waals surface area contributed by atoms with Crippen molar-refractivity contribution in [3.8, 4) is 0 Å². The fourth-order valence-electron chi connectivity index (χ4n) is 1.96. The maximum atomic E-state index is 11.6. The summed E-state index contributed by atoms with van der Waals surface area (Å²) in [4.78, 5) is 0. The Morgan fingerprint density at radius 3 is 2.23 bits per heavy atom. The maximum Gasteiger partial charge on any atom is 0.214 e. The van der Waals surface area contributed by atoms with Crippen LogP contribution >= 0.6 is 0 Å². The van der Waals surface area contributed by atoms with Gasteiger partial charge in [0.2, 0.25) is 10.0 Å². The Hall–Kier alpha value is -0.0900. The van der Waals surface area contributed by atoms with Crippen LogP contribution in [0, 0.1) is 5.41 Å². The van der Waals surface area contributed by atoms with Gasteiger partial charge in [0.1, 0.15) is 0 Å². The second-order valence-corrected chi connectivity index (χ2v) is 7.00. The highest BCUT2D eigenvalue weighted by atomic mass is 32.2. The van der Waals surface area contributed by atoms with Crippen molar-refractivity contribution in [1.29, 1.82) is 0 Å². The smallest absolute Gasteiger partial charge is 0.212 e. The molecule has 1 aliphatic heterocycles. The van der Waals surface area contributed by atoms with Crippen LogP contribution in [0.2, 0.25) is 0 Å². The molecule has 0 aromatic heterocycles. The van der Waals surface area contributed by atoms with Gasteiger partial charge in [0.05, 0.1) is 5.75 Å². The van der Waals surface area contributed by atoms with Crippen LogP contribution in [0.1, 0.15) is 33.6 Å². The molecule has 0 N–H and O–H groups in total. The number of rotatable bonds is 0. The number of hydrogen-bond acceptors (Lipinski definition) is 2. The molecule has 0 bridgehead atoms. The van der Waals surface area contributed by atoms with E-state index in [-0.39, 0.29) is 11.5 Å². The summed E-state index contributed by atoms with van der Waals surface area (Å²) in [6.45, 7) is 6.28. The first-order valence-corrected chi connectivity index (χ1v) is 6.32. The molecule has 13 heavy (non-hydrogen) atoms. The van der Waals surface area contributed by atoms with Gasteiger partial charge in [0.25, 0.3) is 0 Å². The first kappa shape index (κ1) is 11.0. The first-order chi connectivity index (χ1) is 5.75. The van der Waals surface area contributed by atoms with E-state index in [1.807, 2.05) is 0 Å². The summed E-state index contributed by atoms with van der Waals surface area (Å²) in [6.07, 6.45) is 1.79. The second kappa shape index (κ2) is 3.24. The van der Waals surface area contributed by atoms with Gasteiger partial charge in [-0.2, -0.15) is 0 Å². The third kappa shape index (κ3) is 2.23. The van der Waals surface area contributed by atoms with Crippen molar-refractivity contribution in [2.75, 3.05) is 12.8 Å². The van der Waals surface area contributed by atoms with E-state index in [9.17, 15) is 8.42 Å². The average Bonchev–Trinajstić information content (AvgIpc) is 1.92. The van der Waals surface area contributed by atoms with Gasteiger partial charge in [-0.1, -0.05) is 20.8 Å². The van der Waals surface area contributed by atoms with Crippen molar-refractivity contribution in [3.05, 3.63) is 0 Å². The van der Waals surface area contributed by atoms with Crippen molar-refractivity contribution >= 4 is 10.0 Å². The molecule has 1 rings (SSSR count). The summed E-state index contributed by atoms with van der Waals surface area (Å²) in [6, 6.07) is 0.159. The third-order valence-electron chi connectivity index (χ3n) is 2.76. The van der Waals surface area contributed by atoms with Crippen molar-refractivity contribution in [3.63, 3.8) is 0 Å². The lowest BCUT2D eigenvalue weighted by molar-refractivity contribution is 0.177. The molecule has 1 unspecified atom stereocenters. The zero-order valence-electron chi connectivity index (χ0n) is 8.87. The molecule has 1 fully saturated rings. The van der Waals surface area contributed by atoms with E-state index in [0.717, 1.165) is 12.8 Å². The lowest BCUT2D eigenvalue weighted by Gasteiger charge is -2.40. The van der Waals surface area contributed by atoms with E-state index in [2.05, 4.69) is 20.8 Å². The Balaban J connectivity index is 2.90. The van der Waals surface area contributed by atoms with Gasteiger partial charge < -0.3 is 0 Å². The zero-order chi connectivity index (χ0) is 10.3. The van der Waals surface area contributed by atoms with Crippen LogP contribution in [0.5, 0.6) is 0 Å². The van der Waals surface area contributed by atoms with Gasteiger partial charge >= 0.3 is 0 Å². The van der Waals surface area contributed by atoms with Crippen LogP contribution in [-0.2, 0) is 10.0 Å². The predicted molar refractivity (Wildman–Crippen MR) is 54.0 cm³/mol. The van der Waals surface area contributed by atoms with E-state index in [1.54, 1.807) is 11.4 Å². The van der Waals surface area contributed by atoms with E-state index >= 15 is 0 Å². The third-order valence-corrected chi connectivity index (χ3v) is 4.69. The molecule has 0 aliphatic carbocycles. The van der Waals surface area contributed by atoms with Gasteiger partial charge in [0.15, 0.2) is 0 Å². The molecule has 1 heterocycles. The minimum absolute atomic E-state index is 0.0439. The molecule has 3 nitrogen and oxygen atoms in total. The molecular formula is C9H19NO2S. The predicted octanol–water partition coefficient (Wildman–Crippen LogP) is 1.46. The van der Waals surface area contributed by atoms with E-state index in [1.165, 1.54) is 0 Å². The van der Waals surface area contributed by atoms with Crippen LogP contribution in [0.25, 0.3) is 0 Å². The van der Waals surface area contributed by atoms with Gasteiger partial charge in [-0.05, 0) is 18.3 Å². The fraction of sp³-hybridized carbons (Fsp3) is 1.00. The van der Waals surface area contributed by atoms with E-state index in [0.29, 0.717) is 5.75 Å². The molecule has 1 saturated heterocycles. The number of sulfonamides is 1. The Kier molecular flexibility index (Phi) is 2.74. The van der Waals surface area contributed by atoms with Crippen molar-refractivity contribution < 1.29 is 8.42 Å². The SMILES string of the molecule is CN1C(C(C)(C)C)CCCS1(=O)=O. The topological polar surface area (TPSA) is 37.4 Å². The normalized spacial score (nSPS) is 30.3. The summed E-state index contributed by atoms with van der Waals surface area (Å²) in [5.74, 6) is 0.316. The maximum absolute atomic E-state index is 11.6. The molecule has 0 aromatic carbocycles. The average molecular weight is 205 g/mol. The summed E-state index contributed by atoms with van der Waals surface area (Å²) in [7, 11) is -1.26. The van der Waals surface area contributed by atoms with Gasteiger partial charge in [-0.15, -0.1) is 0 Å². The minimum atomic E-state index is -2.96. The molecule has 1 aliphatic rings. The Bertz CT molecular complexity index is 276. The molecule has 0 radical (unpaired) electrons. The summed E-state index contributed by atoms with van der Waals surface area (Å²) >= 11 is 0. The van der Waals surface area contributed by atoms with Gasteiger partial charge in [-0.3, -0.25) is 0 Å². The molecule has 0 aromatic rings. The summed E-state index contributed by atoms with van der Waals surface area (Å²) in [5.41, 5.74) is 0.0439. The van der Waals surface area contributed by atoms with Crippen LogP contribution in [0.4, 0.5) is 0 Å². The molecule has 78 valence electrons. The molecular weight excluding hydrogens is 186 g/mol. The van der Waals surface area contributed by atoms with Crippen LogP contribution in [0.3, 0.4) is 0 Å². The first-order valence-electron chi connectivity index (χ1n) is 4.71. The van der Waals surface area contributed by atoms with Crippen LogP contribution < -0.4 is 0 Å². The molecule has 0 spiro atoms. The largest absolute Gasteiger partial charge is 0.214 e. The number of nitrogens with zero attached hydrogens (tertiary/aromatic N) is 1. The second-order valence-electron chi connectivity index (χ2n) is 4.86. The molecule has 0 saturated carbocycles. The fourth-order valence-corrected chi connectivity index (χ4v) is 3.59. The van der Waals surface area contributed by atoms with Crippen molar-refractivity contribution in [2.45, 2.75) is 39.7 Å². The monoisotopic (exact) mass is 205 g/mol. The lowest BCUT2D eigenvalue weighted by atomic mass is 9.84. The highest BCUT2D eigenvalue weighted by Gasteiger charge is 2.37. The molecule has 4 heteroatoms. The summed E-state index contributed by atoms with van der Waals surface area (Å²) in [5, 5.41) is 0. The van der Waals surface area contributed by atoms with E-state index in [4.69, 9.17) is 0 Å². The molecule has 1 atom stereocenters. The standard InChI is InChI=1S/C9H19NO2S/c1-9(2,3)8-6-5-7-13(11,12)10(8)4/h8H,5-7H2,1-4H3.